The number of piperidine rings is 1. The van der Waals surface area contributed by atoms with Crippen molar-refractivity contribution in [3.05, 3.63) is 29.8 Å². The number of likely N-dealkylation sites (tertiary alicyclic amines) is 1. The topological polar surface area (TPSA) is 79.9 Å². The van der Waals surface area contributed by atoms with Gasteiger partial charge in [0.1, 0.15) is 0 Å². The largest absolute Gasteiger partial charge is 0.379 e. The van der Waals surface area contributed by atoms with Crippen LogP contribution in [-0.2, 0) is 20.9 Å². The molecular weight excluding hydrogens is 382 g/mol. The van der Waals surface area contributed by atoms with E-state index in [1.807, 2.05) is 36.1 Å². The number of hydrogen-bond acceptors (Lipinski definition) is 4. The molecule has 0 aromatic heterocycles. The number of amides is 3. The van der Waals surface area contributed by atoms with E-state index in [1.165, 1.54) is 0 Å². The van der Waals surface area contributed by atoms with E-state index in [-0.39, 0.29) is 23.9 Å². The Morgan fingerprint density at radius 3 is 2.47 bits per heavy atom. The van der Waals surface area contributed by atoms with Gasteiger partial charge in [-0.25, -0.2) is 4.79 Å². The highest BCUT2D eigenvalue weighted by atomic mass is 16.5. The molecule has 7 nitrogen and oxygen atoms in total. The Labute approximate surface area is 180 Å². The minimum absolute atomic E-state index is 0.0841. The minimum Gasteiger partial charge on any atom is -0.379 e. The zero-order valence-electron chi connectivity index (χ0n) is 18.6. The maximum absolute atomic E-state index is 12.5. The van der Waals surface area contributed by atoms with E-state index in [0.29, 0.717) is 39.5 Å². The monoisotopic (exact) mass is 419 g/mol. The first kappa shape index (κ1) is 24.2. The molecule has 168 valence electrons. The Bertz CT molecular complexity index is 656. The van der Waals surface area contributed by atoms with Crippen molar-refractivity contribution < 1.29 is 19.1 Å². The first-order valence-electron chi connectivity index (χ1n) is 11.2. The second kappa shape index (κ2) is 13.2. The third-order valence-electron chi connectivity index (χ3n) is 5.51. The standard InChI is InChI=1S/C23H37N3O4/c1-4-19(5-2)22(27)26-12-10-20(11-13-26)24-23(28)25-21-9-7-8-18(16-21)17-30-15-14-29-6-3/h7-9,16,19-20H,4-6,10-15,17H2,1-3H3,(H2,24,25,28). The van der Waals surface area contributed by atoms with Crippen LogP contribution >= 0.6 is 0 Å². The number of urea groups is 1. The highest BCUT2D eigenvalue weighted by molar-refractivity contribution is 5.89. The SMILES string of the molecule is CCOCCOCc1cccc(NC(=O)NC2CCN(C(=O)C(CC)CC)CC2)c1. The van der Waals surface area contributed by atoms with Gasteiger partial charge in [-0.3, -0.25) is 4.79 Å². The molecule has 1 aromatic rings. The van der Waals surface area contributed by atoms with Crippen molar-refractivity contribution in [1.82, 2.24) is 10.2 Å². The van der Waals surface area contributed by atoms with E-state index in [2.05, 4.69) is 24.5 Å². The fourth-order valence-electron chi connectivity index (χ4n) is 3.68. The smallest absolute Gasteiger partial charge is 0.319 e. The normalized spacial score (nSPS) is 14.7. The minimum atomic E-state index is -0.214. The molecule has 0 atom stereocenters. The zero-order valence-corrected chi connectivity index (χ0v) is 18.6. The third kappa shape index (κ3) is 7.95. The van der Waals surface area contributed by atoms with Crippen LogP contribution in [0.4, 0.5) is 10.5 Å². The maximum Gasteiger partial charge on any atom is 0.319 e. The van der Waals surface area contributed by atoms with Crippen LogP contribution in [0.2, 0.25) is 0 Å². The Morgan fingerprint density at radius 1 is 1.10 bits per heavy atom. The summed E-state index contributed by atoms with van der Waals surface area (Å²) in [7, 11) is 0. The van der Waals surface area contributed by atoms with Crippen molar-refractivity contribution in [1.29, 1.82) is 0 Å². The van der Waals surface area contributed by atoms with Gasteiger partial charge in [-0.05, 0) is 50.3 Å². The summed E-state index contributed by atoms with van der Waals surface area (Å²) in [6.07, 6.45) is 3.33. The molecule has 0 unspecified atom stereocenters. The summed E-state index contributed by atoms with van der Waals surface area (Å²) >= 11 is 0. The van der Waals surface area contributed by atoms with E-state index >= 15 is 0 Å². The van der Waals surface area contributed by atoms with Gasteiger partial charge in [0, 0.05) is 37.3 Å². The van der Waals surface area contributed by atoms with Crippen molar-refractivity contribution in [2.45, 2.75) is 59.1 Å². The van der Waals surface area contributed by atoms with Gasteiger partial charge >= 0.3 is 6.03 Å². The fraction of sp³-hybridized carbons (Fsp3) is 0.652. The van der Waals surface area contributed by atoms with Crippen molar-refractivity contribution in [2.24, 2.45) is 5.92 Å². The van der Waals surface area contributed by atoms with Crippen LogP contribution in [0, 0.1) is 5.92 Å². The van der Waals surface area contributed by atoms with Crippen molar-refractivity contribution in [3.63, 3.8) is 0 Å². The zero-order chi connectivity index (χ0) is 21.8. The predicted molar refractivity (Wildman–Crippen MR) is 118 cm³/mol. The summed E-state index contributed by atoms with van der Waals surface area (Å²) in [5.41, 5.74) is 1.73. The van der Waals surface area contributed by atoms with Crippen molar-refractivity contribution in [3.8, 4) is 0 Å². The molecule has 1 aliphatic rings. The van der Waals surface area contributed by atoms with Gasteiger partial charge in [-0.15, -0.1) is 0 Å². The summed E-state index contributed by atoms with van der Waals surface area (Å²) in [6, 6.07) is 7.52. The lowest BCUT2D eigenvalue weighted by molar-refractivity contribution is -0.136. The summed E-state index contributed by atoms with van der Waals surface area (Å²) in [5.74, 6) is 0.372. The quantitative estimate of drug-likeness (QED) is 0.535. The number of rotatable bonds is 11. The molecule has 0 aliphatic carbocycles. The summed E-state index contributed by atoms with van der Waals surface area (Å²) in [4.78, 5) is 26.8. The van der Waals surface area contributed by atoms with Gasteiger partial charge in [0.15, 0.2) is 0 Å². The Kier molecular flexibility index (Phi) is 10.7. The second-order valence-electron chi connectivity index (χ2n) is 7.66. The summed E-state index contributed by atoms with van der Waals surface area (Å²) in [6.45, 7) is 9.78. The number of nitrogens with one attached hydrogen (secondary N) is 2. The van der Waals surface area contributed by atoms with Crippen LogP contribution in [0.25, 0.3) is 0 Å². The summed E-state index contributed by atoms with van der Waals surface area (Å²) in [5, 5.41) is 5.93. The average Bonchev–Trinajstić information content (AvgIpc) is 2.75. The number of benzene rings is 1. The summed E-state index contributed by atoms with van der Waals surface area (Å²) < 4.78 is 10.8. The maximum atomic E-state index is 12.5. The van der Waals surface area contributed by atoms with Crippen LogP contribution in [0.1, 0.15) is 52.0 Å². The number of carbonyl (C=O) groups is 2. The molecule has 2 N–H and O–H groups in total. The van der Waals surface area contributed by atoms with Crippen LogP contribution in [-0.4, -0.2) is 55.8 Å². The van der Waals surface area contributed by atoms with E-state index < -0.39 is 0 Å². The van der Waals surface area contributed by atoms with E-state index in [4.69, 9.17) is 9.47 Å². The number of nitrogens with zero attached hydrogens (tertiary/aromatic N) is 1. The first-order chi connectivity index (χ1) is 14.6. The molecule has 30 heavy (non-hydrogen) atoms. The predicted octanol–water partition coefficient (Wildman–Crippen LogP) is 3.79. The molecule has 0 spiro atoms. The molecule has 1 aliphatic heterocycles. The van der Waals surface area contributed by atoms with Gasteiger partial charge in [0.2, 0.25) is 5.91 Å². The number of anilines is 1. The lowest BCUT2D eigenvalue weighted by atomic mass is 9.98. The number of ether oxygens (including phenoxy) is 2. The Hall–Kier alpha value is -2.12. The third-order valence-corrected chi connectivity index (χ3v) is 5.51. The van der Waals surface area contributed by atoms with Crippen LogP contribution in [0.5, 0.6) is 0 Å². The highest BCUT2D eigenvalue weighted by Gasteiger charge is 2.27. The van der Waals surface area contributed by atoms with Crippen LogP contribution in [0.15, 0.2) is 24.3 Å². The highest BCUT2D eigenvalue weighted by Crippen LogP contribution is 2.18. The molecule has 1 heterocycles. The lowest BCUT2D eigenvalue weighted by Crippen LogP contribution is -2.48. The molecular formula is C23H37N3O4. The van der Waals surface area contributed by atoms with Crippen LogP contribution < -0.4 is 10.6 Å². The van der Waals surface area contributed by atoms with Gasteiger partial charge in [-0.1, -0.05) is 26.0 Å². The molecule has 2 rings (SSSR count). The molecule has 0 bridgehead atoms. The lowest BCUT2D eigenvalue weighted by Gasteiger charge is -2.34. The Morgan fingerprint density at radius 2 is 1.80 bits per heavy atom. The number of carbonyl (C=O) groups excluding carboxylic acids is 2. The fourth-order valence-corrected chi connectivity index (χ4v) is 3.68. The van der Waals surface area contributed by atoms with Crippen molar-refractivity contribution in [2.75, 3.05) is 38.2 Å². The second-order valence-corrected chi connectivity index (χ2v) is 7.66. The molecule has 1 saturated heterocycles. The molecule has 3 amide bonds. The van der Waals surface area contributed by atoms with Gasteiger partial charge in [0.25, 0.3) is 0 Å². The van der Waals surface area contributed by atoms with E-state index in [9.17, 15) is 9.59 Å². The van der Waals surface area contributed by atoms with E-state index in [1.54, 1.807) is 0 Å². The molecule has 1 fully saturated rings. The van der Waals surface area contributed by atoms with Gasteiger partial charge in [-0.2, -0.15) is 0 Å². The molecule has 1 aromatic carbocycles. The first-order valence-corrected chi connectivity index (χ1v) is 11.2. The van der Waals surface area contributed by atoms with Crippen molar-refractivity contribution >= 4 is 17.6 Å². The van der Waals surface area contributed by atoms with Gasteiger partial charge in [0.05, 0.1) is 19.8 Å². The van der Waals surface area contributed by atoms with Crippen LogP contribution in [0.3, 0.4) is 0 Å². The van der Waals surface area contributed by atoms with E-state index in [0.717, 1.165) is 36.9 Å². The molecule has 0 radical (unpaired) electrons. The molecule has 7 heteroatoms. The Balaban J connectivity index is 1.73. The molecule has 0 saturated carbocycles. The number of hydrogen-bond donors (Lipinski definition) is 2. The van der Waals surface area contributed by atoms with Gasteiger partial charge < -0.3 is 25.0 Å². The average molecular weight is 420 g/mol.